The minimum absolute atomic E-state index is 0.0254. The SMILES string of the molecule is CC(C)(O/N=C(\C(=O)N[C@@H]1C(=O)N2C(C(=O)O)=C(C[n+]3cccc4c3ccn4Cc3ccc(C(N)=NC4CCCC4)cc3)CS[C@H]12)c1csc(N)n1)C(=O)O. The van der Waals surface area contributed by atoms with Gasteiger partial charge in [0, 0.05) is 47.1 Å². The summed E-state index contributed by atoms with van der Waals surface area (Å²) in [5, 5.41) is 27.0. The van der Waals surface area contributed by atoms with Gasteiger partial charge in [-0.2, -0.15) is 4.57 Å². The number of nitrogens with one attached hydrogen (secondary N) is 1. The molecule has 4 aromatic rings. The predicted octanol–water partition coefficient (Wildman–Crippen LogP) is 2.69. The van der Waals surface area contributed by atoms with E-state index in [0.29, 0.717) is 24.0 Å². The van der Waals surface area contributed by atoms with Gasteiger partial charge in [0.15, 0.2) is 23.6 Å². The third-order valence-corrected chi connectivity index (χ3v) is 11.8. The highest BCUT2D eigenvalue weighted by molar-refractivity contribution is 8.00. The lowest BCUT2D eigenvalue weighted by Gasteiger charge is -2.49. The monoisotopic (exact) mass is 786 g/mol. The number of aliphatic carboxylic acids is 2. The maximum Gasteiger partial charge on any atom is 0.352 e. The second-order valence-electron chi connectivity index (χ2n) is 14.0. The molecular weight excluding hydrogens is 747 g/mol. The number of thiazole rings is 1. The van der Waals surface area contributed by atoms with E-state index in [1.807, 2.05) is 59.4 Å². The van der Waals surface area contributed by atoms with Gasteiger partial charge in [0.05, 0.1) is 6.04 Å². The third kappa shape index (κ3) is 7.64. The van der Waals surface area contributed by atoms with Crippen LogP contribution in [0.5, 0.6) is 0 Å². The highest BCUT2D eigenvalue weighted by Gasteiger charge is 2.55. The third-order valence-electron chi connectivity index (χ3n) is 9.82. The minimum atomic E-state index is -1.77. The first-order chi connectivity index (χ1) is 26.3. The average molecular weight is 787 g/mol. The van der Waals surface area contributed by atoms with Gasteiger partial charge in [-0.25, -0.2) is 14.6 Å². The Morgan fingerprint density at radius 2 is 1.87 bits per heavy atom. The van der Waals surface area contributed by atoms with Gasteiger partial charge in [0.2, 0.25) is 11.1 Å². The summed E-state index contributed by atoms with van der Waals surface area (Å²) in [4.78, 5) is 66.4. The maximum atomic E-state index is 13.5. The zero-order valence-electron chi connectivity index (χ0n) is 30.0. The number of amides is 2. The molecular formula is C37H40N9O7S2+. The number of nitrogens with two attached hydrogens (primary N) is 2. The number of rotatable bonds is 13. The summed E-state index contributed by atoms with van der Waals surface area (Å²) in [6.45, 7) is 3.34. The number of carboxylic acid groups (broad SMARTS) is 2. The van der Waals surface area contributed by atoms with E-state index >= 15 is 0 Å². The van der Waals surface area contributed by atoms with Crippen LogP contribution < -0.4 is 21.4 Å². The number of carboxylic acids is 2. The van der Waals surface area contributed by atoms with Crippen molar-refractivity contribution in [2.24, 2.45) is 15.9 Å². The molecule has 286 valence electrons. The van der Waals surface area contributed by atoms with Crippen LogP contribution in [0.1, 0.15) is 56.4 Å². The van der Waals surface area contributed by atoms with Crippen LogP contribution in [-0.2, 0) is 37.1 Å². The number of nitrogens with zero attached hydrogens (tertiary/aromatic N) is 6. The fourth-order valence-electron chi connectivity index (χ4n) is 6.79. The lowest BCUT2D eigenvalue weighted by Crippen LogP contribution is -2.71. The summed E-state index contributed by atoms with van der Waals surface area (Å²) in [6.07, 6.45) is 8.42. The number of aromatic nitrogens is 3. The molecule has 1 aromatic carbocycles. The van der Waals surface area contributed by atoms with Crippen LogP contribution >= 0.6 is 23.1 Å². The fourth-order valence-corrected chi connectivity index (χ4v) is 8.68. The number of carbonyl (C=O) groups excluding carboxylic acids is 2. The largest absolute Gasteiger partial charge is 0.478 e. The molecule has 18 heteroatoms. The van der Waals surface area contributed by atoms with Crippen LogP contribution in [0.4, 0.5) is 5.13 Å². The van der Waals surface area contributed by atoms with Gasteiger partial charge < -0.3 is 36.4 Å². The molecule has 2 aliphatic heterocycles. The number of amidine groups is 1. The lowest BCUT2D eigenvalue weighted by atomic mass is 10.0. The Bertz CT molecular complexity index is 2270. The maximum absolute atomic E-state index is 13.5. The quantitative estimate of drug-likeness (QED) is 0.0435. The zero-order chi connectivity index (χ0) is 39.0. The van der Waals surface area contributed by atoms with E-state index in [9.17, 15) is 29.4 Å². The van der Waals surface area contributed by atoms with Gasteiger partial charge in [-0.15, -0.1) is 23.1 Å². The van der Waals surface area contributed by atoms with Crippen LogP contribution in [0, 0.1) is 0 Å². The molecule has 2 amide bonds. The minimum Gasteiger partial charge on any atom is -0.478 e. The normalized spacial score (nSPS) is 19.4. The Balaban J connectivity index is 1.06. The van der Waals surface area contributed by atoms with E-state index in [0.717, 1.165) is 46.3 Å². The molecule has 0 radical (unpaired) electrons. The first kappa shape index (κ1) is 37.6. The number of β-lactam (4-membered cyclic amide) rings is 1. The number of thioether (sulfide) groups is 1. The van der Waals surface area contributed by atoms with E-state index in [1.165, 1.54) is 48.7 Å². The molecule has 1 aliphatic carbocycles. The highest BCUT2D eigenvalue weighted by Crippen LogP contribution is 2.40. The number of carbonyl (C=O) groups is 4. The van der Waals surface area contributed by atoms with Gasteiger partial charge in [0.1, 0.15) is 34.2 Å². The number of benzene rings is 1. The number of anilines is 1. The molecule has 0 bridgehead atoms. The van der Waals surface area contributed by atoms with Crippen molar-refractivity contribution in [3.8, 4) is 0 Å². The first-order valence-electron chi connectivity index (χ1n) is 17.6. The van der Waals surface area contributed by atoms with Crippen molar-refractivity contribution in [2.45, 2.75) is 75.7 Å². The highest BCUT2D eigenvalue weighted by atomic mass is 32.2. The summed E-state index contributed by atoms with van der Waals surface area (Å²) in [7, 11) is 0. The molecule has 16 nitrogen and oxygen atoms in total. The number of nitrogen functional groups attached to an aromatic ring is 1. The van der Waals surface area contributed by atoms with Gasteiger partial charge in [-0.05, 0) is 38.3 Å². The van der Waals surface area contributed by atoms with Gasteiger partial charge >= 0.3 is 11.9 Å². The van der Waals surface area contributed by atoms with E-state index in [4.69, 9.17) is 21.3 Å². The number of pyridine rings is 1. The van der Waals surface area contributed by atoms with Crippen LogP contribution in [0.25, 0.3) is 11.0 Å². The smallest absolute Gasteiger partial charge is 0.352 e. The molecule has 7 rings (SSSR count). The van der Waals surface area contributed by atoms with Gasteiger partial charge in [-0.3, -0.25) is 19.5 Å². The van der Waals surface area contributed by atoms with Crippen molar-refractivity contribution in [1.29, 1.82) is 0 Å². The molecule has 2 atom stereocenters. The van der Waals surface area contributed by atoms with E-state index < -0.39 is 40.8 Å². The van der Waals surface area contributed by atoms with Crippen LogP contribution in [0.15, 0.2) is 81.7 Å². The van der Waals surface area contributed by atoms with Crippen LogP contribution in [0.2, 0.25) is 0 Å². The second-order valence-corrected chi connectivity index (χ2v) is 16.0. The molecule has 5 heterocycles. The van der Waals surface area contributed by atoms with E-state index in [2.05, 4.69) is 20.0 Å². The molecule has 3 aliphatic rings. The number of hydrogen-bond acceptors (Lipinski definition) is 11. The Hall–Kier alpha value is -5.75. The summed E-state index contributed by atoms with van der Waals surface area (Å²) >= 11 is 2.35. The average Bonchev–Trinajstić information content (AvgIpc) is 3.93. The number of fused-ring (bicyclic) bond motifs is 2. The number of hydrogen-bond donors (Lipinski definition) is 5. The van der Waals surface area contributed by atoms with Gasteiger partial charge in [0.25, 0.3) is 11.8 Å². The Labute approximate surface area is 323 Å². The second kappa shape index (κ2) is 15.2. The van der Waals surface area contributed by atoms with Crippen molar-refractivity contribution in [2.75, 3.05) is 11.5 Å². The van der Waals surface area contributed by atoms with E-state index in [1.54, 1.807) is 0 Å². The molecule has 3 aromatic heterocycles. The molecule has 0 unspecified atom stereocenters. The Morgan fingerprint density at radius 1 is 1.13 bits per heavy atom. The summed E-state index contributed by atoms with van der Waals surface area (Å²) in [5.74, 6) is -3.20. The molecule has 55 heavy (non-hydrogen) atoms. The van der Waals surface area contributed by atoms with Crippen molar-refractivity contribution in [3.63, 3.8) is 0 Å². The lowest BCUT2D eigenvalue weighted by molar-refractivity contribution is -0.663. The fraction of sp³-hybridized carbons (Fsp3) is 0.351. The molecule has 2 fully saturated rings. The van der Waals surface area contributed by atoms with Crippen molar-refractivity contribution < 1.29 is 38.8 Å². The topological polar surface area (TPSA) is 232 Å². The van der Waals surface area contributed by atoms with E-state index in [-0.39, 0.29) is 34.5 Å². The van der Waals surface area contributed by atoms with Crippen LogP contribution in [-0.4, -0.2) is 88.8 Å². The summed E-state index contributed by atoms with van der Waals surface area (Å²) < 4.78 is 4.07. The number of aliphatic imine (C=N–C) groups is 1. The van der Waals surface area contributed by atoms with Crippen LogP contribution in [0.3, 0.4) is 0 Å². The standard InChI is InChI=1S/C37H39N9O7S2/c1-37(2,35(51)52)53-43-27(24-19-55-36(39)41-24)31(47)42-28-32(48)46-29(34(49)50)22(18-54-33(28)46)17-44-14-5-8-25-26(44)13-15-45(25)16-20-9-11-21(12-10-20)30(38)40-23-6-3-4-7-23/h5,8-15,19,23,28,33H,3-4,6-7,16-18H2,1-2H3,(H6-,38,39,40,41,42,47,49,50,51,52)/p+1/b43-27-/t28-,33-/m1/s1. The zero-order valence-corrected chi connectivity index (χ0v) is 31.7. The molecule has 0 spiro atoms. The Kier molecular flexibility index (Phi) is 10.4. The molecule has 7 N–H and O–H groups in total. The summed E-state index contributed by atoms with van der Waals surface area (Å²) in [6, 6.07) is 13.2. The Morgan fingerprint density at radius 3 is 2.55 bits per heavy atom. The van der Waals surface area contributed by atoms with Gasteiger partial charge in [-0.1, -0.05) is 42.3 Å². The first-order valence-corrected chi connectivity index (χ1v) is 19.5. The van der Waals surface area contributed by atoms with Crippen molar-refractivity contribution in [3.05, 3.63) is 88.3 Å². The molecule has 1 saturated carbocycles. The van der Waals surface area contributed by atoms with Crippen molar-refractivity contribution >= 4 is 74.6 Å². The number of oxime groups is 1. The predicted molar refractivity (Wildman–Crippen MR) is 206 cm³/mol. The summed E-state index contributed by atoms with van der Waals surface area (Å²) in [5.41, 5.74) is 14.2. The van der Waals surface area contributed by atoms with Crippen molar-refractivity contribution in [1.82, 2.24) is 19.8 Å². The molecule has 1 saturated heterocycles.